The Hall–Kier alpha value is -1.75. The summed E-state index contributed by atoms with van der Waals surface area (Å²) in [5, 5.41) is 3.61. The summed E-state index contributed by atoms with van der Waals surface area (Å²) in [5.41, 5.74) is 2.26. The summed E-state index contributed by atoms with van der Waals surface area (Å²) >= 11 is 0. The van der Waals surface area contributed by atoms with E-state index in [1.807, 2.05) is 33.8 Å². The van der Waals surface area contributed by atoms with Crippen molar-refractivity contribution in [3.8, 4) is 5.75 Å². The van der Waals surface area contributed by atoms with Gasteiger partial charge in [0.2, 0.25) is 0 Å². The topological polar surface area (TPSA) is 50.8 Å². The molecule has 1 aromatic rings. The van der Waals surface area contributed by atoms with Gasteiger partial charge in [0, 0.05) is 25.7 Å². The lowest BCUT2D eigenvalue weighted by molar-refractivity contribution is 0.0260. The van der Waals surface area contributed by atoms with Gasteiger partial charge in [-0.2, -0.15) is 0 Å². The van der Waals surface area contributed by atoms with Crippen molar-refractivity contribution in [1.29, 1.82) is 0 Å². The third-order valence-corrected chi connectivity index (χ3v) is 4.47. The van der Waals surface area contributed by atoms with Gasteiger partial charge < -0.3 is 19.7 Å². The Morgan fingerprint density at radius 1 is 1.36 bits per heavy atom. The molecule has 0 aromatic heterocycles. The standard InChI is InChI=1S/C20H32N2O3/c1-6-22(19(23)25-20(2,3)4)13-12-21-18-9-7-8-15-14-16(24-5)10-11-17(15)18/h10-11,14,18,21H,6-9,12-13H2,1-5H3. The largest absolute Gasteiger partial charge is 0.497 e. The average molecular weight is 348 g/mol. The number of fused-ring (bicyclic) bond motifs is 1. The fourth-order valence-corrected chi connectivity index (χ4v) is 3.21. The Morgan fingerprint density at radius 3 is 2.76 bits per heavy atom. The Labute approximate surface area is 151 Å². The number of ether oxygens (including phenoxy) is 2. The summed E-state index contributed by atoms with van der Waals surface area (Å²) in [6.45, 7) is 9.70. The van der Waals surface area contributed by atoms with Crippen LogP contribution in [0.2, 0.25) is 0 Å². The molecule has 1 amide bonds. The second kappa shape index (κ2) is 8.56. The van der Waals surface area contributed by atoms with Gasteiger partial charge in [0.15, 0.2) is 0 Å². The molecule has 0 heterocycles. The number of nitrogens with one attached hydrogen (secondary N) is 1. The minimum Gasteiger partial charge on any atom is -0.497 e. The van der Waals surface area contributed by atoms with Crippen molar-refractivity contribution < 1.29 is 14.3 Å². The van der Waals surface area contributed by atoms with Gasteiger partial charge >= 0.3 is 6.09 Å². The van der Waals surface area contributed by atoms with E-state index in [9.17, 15) is 4.79 Å². The summed E-state index contributed by atoms with van der Waals surface area (Å²) in [5.74, 6) is 0.918. The smallest absolute Gasteiger partial charge is 0.410 e. The summed E-state index contributed by atoms with van der Waals surface area (Å²) < 4.78 is 10.8. The molecule has 5 heteroatoms. The van der Waals surface area contributed by atoms with Crippen molar-refractivity contribution in [2.45, 2.75) is 58.6 Å². The van der Waals surface area contributed by atoms with E-state index in [4.69, 9.17) is 9.47 Å². The van der Waals surface area contributed by atoms with E-state index in [1.54, 1.807) is 12.0 Å². The molecule has 1 aliphatic carbocycles. The number of likely N-dealkylation sites (N-methyl/N-ethyl adjacent to an activating group) is 1. The highest BCUT2D eigenvalue weighted by Crippen LogP contribution is 2.32. The number of rotatable bonds is 6. The third-order valence-electron chi connectivity index (χ3n) is 4.47. The first kappa shape index (κ1) is 19.6. The number of amides is 1. The maximum atomic E-state index is 12.2. The Morgan fingerprint density at radius 2 is 2.12 bits per heavy atom. The highest BCUT2D eigenvalue weighted by atomic mass is 16.6. The summed E-state index contributed by atoms with van der Waals surface area (Å²) in [7, 11) is 1.70. The molecular formula is C20H32N2O3. The number of methoxy groups -OCH3 is 1. The Balaban J connectivity index is 1.90. The van der Waals surface area contributed by atoms with Crippen LogP contribution >= 0.6 is 0 Å². The first-order valence-corrected chi connectivity index (χ1v) is 9.22. The molecule has 1 aliphatic rings. The molecule has 0 saturated carbocycles. The lowest BCUT2D eigenvalue weighted by Crippen LogP contribution is -2.41. The van der Waals surface area contributed by atoms with Gasteiger partial charge in [0.25, 0.3) is 0 Å². The van der Waals surface area contributed by atoms with E-state index in [0.717, 1.165) is 25.1 Å². The molecule has 0 saturated heterocycles. The highest BCUT2D eigenvalue weighted by molar-refractivity contribution is 5.68. The molecule has 0 radical (unpaired) electrons. The predicted molar refractivity (Wildman–Crippen MR) is 100 cm³/mol. The van der Waals surface area contributed by atoms with Crippen LogP contribution in [0.5, 0.6) is 5.75 Å². The van der Waals surface area contributed by atoms with E-state index in [2.05, 4.69) is 17.4 Å². The van der Waals surface area contributed by atoms with Crippen LogP contribution in [0.4, 0.5) is 4.79 Å². The molecule has 5 nitrogen and oxygen atoms in total. The minimum atomic E-state index is -0.459. The van der Waals surface area contributed by atoms with Gasteiger partial charge in [0.1, 0.15) is 11.4 Å². The van der Waals surface area contributed by atoms with Crippen LogP contribution in [0.3, 0.4) is 0 Å². The van der Waals surface area contributed by atoms with E-state index >= 15 is 0 Å². The molecule has 1 unspecified atom stereocenters. The lowest BCUT2D eigenvalue weighted by atomic mass is 9.87. The lowest BCUT2D eigenvalue weighted by Gasteiger charge is -2.29. The van der Waals surface area contributed by atoms with Gasteiger partial charge in [0.05, 0.1) is 7.11 Å². The second-order valence-corrected chi connectivity index (χ2v) is 7.52. The Kier molecular flexibility index (Phi) is 6.71. The van der Waals surface area contributed by atoms with E-state index < -0.39 is 5.60 Å². The molecule has 2 rings (SSSR count). The van der Waals surface area contributed by atoms with Crippen molar-refractivity contribution in [2.24, 2.45) is 0 Å². The molecule has 0 fully saturated rings. The Bertz CT molecular complexity index is 581. The number of hydrogen-bond acceptors (Lipinski definition) is 4. The van der Waals surface area contributed by atoms with E-state index in [0.29, 0.717) is 19.1 Å². The quantitative estimate of drug-likeness (QED) is 0.846. The normalized spacial score (nSPS) is 16.9. The summed E-state index contributed by atoms with van der Waals surface area (Å²) in [4.78, 5) is 13.9. The third kappa shape index (κ3) is 5.63. The van der Waals surface area contributed by atoms with Crippen molar-refractivity contribution in [3.05, 3.63) is 29.3 Å². The van der Waals surface area contributed by atoms with E-state index in [-0.39, 0.29) is 6.09 Å². The van der Waals surface area contributed by atoms with Crippen LogP contribution in [-0.2, 0) is 11.2 Å². The minimum absolute atomic E-state index is 0.245. The fourth-order valence-electron chi connectivity index (χ4n) is 3.21. The van der Waals surface area contributed by atoms with Gasteiger partial charge in [-0.25, -0.2) is 4.79 Å². The molecule has 0 aliphatic heterocycles. The number of carbonyl (C=O) groups is 1. The molecule has 0 bridgehead atoms. The van der Waals surface area contributed by atoms with Crippen LogP contribution in [0.25, 0.3) is 0 Å². The fraction of sp³-hybridized carbons (Fsp3) is 0.650. The molecule has 1 aromatic carbocycles. The summed E-state index contributed by atoms with van der Waals surface area (Å²) in [6, 6.07) is 6.67. The van der Waals surface area contributed by atoms with Crippen LogP contribution in [0, 0.1) is 0 Å². The average Bonchev–Trinajstić information content (AvgIpc) is 2.56. The number of aryl methyl sites for hydroxylation is 1. The van der Waals surface area contributed by atoms with E-state index in [1.165, 1.54) is 17.5 Å². The van der Waals surface area contributed by atoms with Crippen LogP contribution in [0.15, 0.2) is 18.2 Å². The number of carbonyl (C=O) groups excluding carboxylic acids is 1. The zero-order valence-corrected chi connectivity index (χ0v) is 16.2. The molecule has 1 N–H and O–H groups in total. The van der Waals surface area contributed by atoms with Crippen LogP contribution in [0.1, 0.15) is 57.7 Å². The number of benzene rings is 1. The predicted octanol–water partition coefficient (Wildman–Crippen LogP) is 3.92. The van der Waals surface area contributed by atoms with Crippen LogP contribution in [-0.4, -0.2) is 43.3 Å². The summed E-state index contributed by atoms with van der Waals surface area (Å²) in [6.07, 6.45) is 3.15. The zero-order valence-electron chi connectivity index (χ0n) is 16.2. The molecule has 140 valence electrons. The number of hydrogen-bond donors (Lipinski definition) is 1. The molecule has 25 heavy (non-hydrogen) atoms. The molecule has 1 atom stereocenters. The van der Waals surface area contributed by atoms with Gasteiger partial charge in [-0.15, -0.1) is 0 Å². The first-order valence-electron chi connectivity index (χ1n) is 9.22. The van der Waals surface area contributed by atoms with Gasteiger partial charge in [-0.3, -0.25) is 0 Å². The monoisotopic (exact) mass is 348 g/mol. The van der Waals surface area contributed by atoms with Crippen molar-refractivity contribution in [3.63, 3.8) is 0 Å². The van der Waals surface area contributed by atoms with Crippen molar-refractivity contribution in [2.75, 3.05) is 26.7 Å². The van der Waals surface area contributed by atoms with Crippen molar-refractivity contribution in [1.82, 2.24) is 10.2 Å². The van der Waals surface area contributed by atoms with Crippen LogP contribution < -0.4 is 10.1 Å². The second-order valence-electron chi connectivity index (χ2n) is 7.52. The van der Waals surface area contributed by atoms with Gasteiger partial charge in [-0.05, 0) is 70.2 Å². The maximum absolute atomic E-state index is 12.2. The van der Waals surface area contributed by atoms with Crippen molar-refractivity contribution >= 4 is 6.09 Å². The molecular weight excluding hydrogens is 316 g/mol. The van der Waals surface area contributed by atoms with Gasteiger partial charge in [-0.1, -0.05) is 6.07 Å². The molecule has 0 spiro atoms. The zero-order chi connectivity index (χ0) is 18.4. The SMILES string of the molecule is CCN(CCNC1CCCc2cc(OC)ccc21)C(=O)OC(C)(C)C. The highest BCUT2D eigenvalue weighted by Gasteiger charge is 2.23. The first-order chi connectivity index (χ1) is 11.8. The maximum Gasteiger partial charge on any atom is 0.410 e. The number of nitrogens with zero attached hydrogens (tertiary/aromatic N) is 1.